The minimum Gasteiger partial charge on any atom is -0.482 e. The van der Waals surface area contributed by atoms with Crippen LogP contribution in [0.2, 0.25) is 0 Å². The molecule has 2 aliphatic rings. The van der Waals surface area contributed by atoms with E-state index in [1.807, 2.05) is 29.2 Å². The zero-order chi connectivity index (χ0) is 19.4. The van der Waals surface area contributed by atoms with Gasteiger partial charge in [-0.3, -0.25) is 9.69 Å². The summed E-state index contributed by atoms with van der Waals surface area (Å²) in [5.41, 5.74) is 0.818. The summed E-state index contributed by atoms with van der Waals surface area (Å²) in [6.45, 7) is 6.70. The average Bonchev–Trinajstić information content (AvgIpc) is 3.06. The summed E-state index contributed by atoms with van der Waals surface area (Å²) < 4.78 is 9.98. The third-order valence-corrected chi connectivity index (χ3v) is 5.78. The molecular formula is C21H30N2O4. The minimum atomic E-state index is -0.399. The molecular weight excluding hydrogens is 344 g/mol. The maximum absolute atomic E-state index is 13.2. The van der Waals surface area contributed by atoms with Crippen LogP contribution in [0.4, 0.5) is 0 Å². The van der Waals surface area contributed by atoms with E-state index in [4.69, 9.17) is 4.74 Å². The molecule has 6 heteroatoms. The first-order chi connectivity index (χ1) is 13.0. The van der Waals surface area contributed by atoms with Crippen molar-refractivity contribution < 1.29 is 19.1 Å². The Balaban J connectivity index is 1.67. The second-order valence-electron chi connectivity index (χ2n) is 7.76. The molecule has 1 unspecified atom stereocenters. The molecule has 1 atom stereocenters. The van der Waals surface area contributed by atoms with Crippen LogP contribution in [0, 0.1) is 0 Å². The highest BCUT2D eigenvalue weighted by atomic mass is 16.6. The number of carbonyl (C=O) groups excluding carboxylic acids is 2. The lowest BCUT2D eigenvalue weighted by atomic mass is 9.84. The Bertz CT molecular complexity index is 673. The maximum atomic E-state index is 13.2. The third-order valence-electron chi connectivity index (χ3n) is 5.78. The average molecular weight is 374 g/mol. The molecule has 0 aromatic heterocycles. The summed E-state index contributed by atoms with van der Waals surface area (Å²) >= 11 is 0. The number of hydrogen-bond acceptors (Lipinski definition) is 5. The second-order valence-corrected chi connectivity index (χ2v) is 7.76. The smallest absolute Gasteiger partial charge is 0.343 e. The molecule has 1 aromatic rings. The van der Waals surface area contributed by atoms with Gasteiger partial charge in [0, 0.05) is 19.1 Å². The fraction of sp³-hybridized carbons (Fsp3) is 0.619. The molecule has 6 nitrogen and oxygen atoms in total. The van der Waals surface area contributed by atoms with Gasteiger partial charge < -0.3 is 14.4 Å². The lowest BCUT2D eigenvalue weighted by Crippen LogP contribution is -2.61. The van der Waals surface area contributed by atoms with Crippen LogP contribution in [-0.2, 0) is 20.9 Å². The van der Waals surface area contributed by atoms with Crippen molar-refractivity contribution in [3.63, 3.8) is 0 Å². The van der Waals surface area contributed by atoms with Crippen molar-refractivity contribution >= 4 is 11.9 Å². The first-order valence-corrected chi connectivity index (χ1v) is 9.81. The zero-order valence-electron chi connectivity index (χ0n) is 16.6. The van der Waals surface area contributed by atoms with E-state index in [2.05, 4.69) is 23.5 Å². The van der Waals surface area contributed by atoms with Gasteiger partial charge in [-0.25, -0.2) is 4.79 Å². The predicted molar refractivity (Wildman–Crippen MR) is 102 cm³/mol. The molecule has 2 heterocycles. The number of piperidine rings is 1. The number of amides is 1. The number of methoxy groups -OCH3 is 1. The molecule has 27 heavy (non-hydrogen) atoms. The van der Waals surface area contributed by atoms with Crippen molar-refractivity contribution in [2.75, 3.05) is 26.8 Å². The Hall–Kier alpha value is -2.08. The van der Waals surface area contributed by atoms with Gasteiger partial charge in [-0.2, -0.15) is 0 Å². The second kappa shape index (κ2) is 8.30. The van der Waals surface area contributed by atoms with Crippen LogP contribution in [0.3, 0.4) is 0 Å². The number of rotatable bonds is 6. The molecule has 0 radical (unpaired) electrons. The summed E-state index contributed by atoms with van der Waals surface area (Å²) in [4.78, 5) is 28.8. The summed E-state index contributed by atoms with van der Waals surface area (Å²) in [5.74, 6) is 0.544. The fourth-order valence-electron chi connectivity index (χ4n) is 4.31. The maximum Gasteiger partial charge on any atom is 0.343 e. The van der Waals surface area contributed by atoms with Gasteiger partial charge in [0.25, 0.3) is 0 Å². The number of benzene rings is 1. The Morgan fingerprint density at radius 2 is 1.81 bits per heavy atom. The van der Waals surface area contributed by atoms with E-state index in [1.54, 1.807) is 0 Å². The van der Waals surface area contributed by atoms with E-state index in [0.717, 1.165) is 50.9 Å². The molecule has 1 aromatic carbocycles. The van der Waals surface area contributed by atoms with Gasteiger partial charge in [0.05, 0.1) is 7.11 Å². The lowest BCUT2D eigenvalue weighted by Gasteiger charge is -2.46. The standard InChI is InChI=1S/C21H30N2O4/c1-16(2)23-13-5-11-21(20(23)25)10-4-12-22(21)14-17-6-8-18(9-7-17)27-15-19(24)26-3/h6-9,16H,4-5,10-15H2,1-3H3. The monoisotopic (exact) mass is 374 g/mol. The van der Waals surface area contributed by atoms with Crippen molar-refractivity contribution in [2.45, 2.75) is 57.7 Å². The largest absolute Gasteiger partial charge is 0.482 e. The Morgan fingerprint density at radius 1 is 1.15 bits per heavy atom. The van der Waals surface area contributed by atoms with Crippen LogP contribution in [0.15, 0.2) is 24.3 Å². The Morgan fingerprint density at radius 3 is 2.44 bits per heavy atom. The predicted octanol–water partition coefficient (Wildman–Crippen LogP) is 2.60. The topological polar surface area (TPSA) is 59.1 Å². The van der Waals surface area contributed by atoms with Crippen molar-refractivity contribution in [2.24, 2.45) is 0 Å². The Labute approximate surface area is 161 Å². The van der Waals surface area contributed by atoms with Gasteiger partial charge in [0.15, 0.2) is 6.61 Å². The number of likely N-dealkylation sites (tertiary alicyclic amines) is 2. The third kappa shape index (κ3) is 4.10. The minimum absolute atomic E-state index is 0.0926. The van der Waals surface area contributed by atoms with Crippen LogP contribution in [0.1, 0.15) is 45.1 Å². The summed E-state index contributed by atoms with van der Waals surface area (Å²) in [6.07, 6.45) is 4.05. The SMILES string of the molecule is COC(=O)COc1ccc(CN2CCCC23CCCN(C(C)C)C3=O)cc1. The number of hydrogen-bond donors (Lipinski definition) is 0. The van der Waals surface area contributed by atoms with Crippen LogP contribution >= 0.6 is 0 Å². The van der Waals surface area contributed by atoms with E-state index >= 15 is 0 Å². The number of ether oxygens (including phenoxy) is 2. The highest BCUT2D eigenvalue weighted by Gasteiger charge is 2.50. The molecule has 2 aliphatic heterocycles. The van der Waals surface area contributed by atoms with Crippen LogP contribution in [0.5, 0.6) is 5.75 Å². The van der Waals surface area contributed by atoms with Gasteiger partial charge in [-0.1, -0.05) is 12.1 Å². The van der Waals surface area contributed by atoms with Crippen LogP contribution in [-0.4, -0.2) is 60.1 Å². The van der Waals surface area contributed by atoms with Crippen molar-refractivity contribution in [3.05, 3.63) is 29.8 Å². The first kappa shape index (κ1) is 19.7. The summed E-state index contributed by atoms with van der Waals surface area (Å²) in [5, 5.41) is 0. The van der Waals surface area contributed by atoms with Crippen molar-refractivity contribution in [3.8, 4) is 5.75 Å². The number of carbonyl (C=O) groups is 2. The fourth-order valence-corrected chi connectivity index (χ4v) is 4.31. The van der Waals surface area contributed by atoms with Crippen molar-refractivity contribution in [1.82, 2.24) is 9.80 Å². The lowest BCUT2D eigenvalue weighted by molar-refractivity contribution is -0.149. The van der Waals surface area contributed by atoms with Crippen molar-refractivity contribution in [1.29, 1.82) is 0 Å². The van der Waals surface area contributed by atoms with E-state index in [9.17, 15) is 9.59 Å². The molecule has 3 rings (SSSR count). The summed E-state index contributed by atoms with van der Waals surface area (Å²) in [6, 6.07) is 8.00. The summed E-state index contributed by atoms with van der Waals surface area (Å²) in [7, 11) is 1.34. The van der Waals surface area contributed by atoms with Gasteiger partial charge in [-0.05, 0) is 63.8 Å². The first-order valence-electron chi connectivity index (χ1n) is 9.81. The van der Waals surface area contributed by atoms with Gasteiger partial charge in [0.1, 0.15) is 11.3 Å². The quantitative estimate of drug-likeness (QED) is 0.717. The highest BCUT2D eigenvalue weighted by Crippen LogP contribution is 2.39. The van der Waals surface area contributed by atoms with Crippen LogP contribution in [0.25, 0.3) is 0 Å². The molecule has 2 saturated heterocycles. The molecule has 0 saturated carbocycles. The molecule has 1 amide bonds. The Kier molecular flexibility index (Phi) is 6.05. The van der Waals surface area contributed by atoms with E-state index < -0.39 is 5.97 Å². The van der Waals surface area contributed by atoms with Crippen LogP contribution < -0.4 is 4.74 Å². The van der Waals surface area contributed by atoms with Gasteiger partial charge in [0.2, 0.25) is 5.91 Å². The molecule has 0 N–H and O–H groups in total. The normalized spacial score (nSPS) is 23.3. The zero-order valence-corrected chi connectivity index (χ0v) is 16.6. The van der Waals surface area contributed by atoms with E-state index in [0.29, 0.717) is 11.7 Å². The van der Waals surface area contributed by atoms with E-state index in [-0.39, 0.29) is 18.2 Å². The molecule has 1 spiro atoms. The molecule has 148 valence electrons. The van der Waals surface area contributed by atoms with Gasteiger partial charge in [-0.15, -0.1) is 0 Å². The number of nitrogens with zero attached hydrogens (tertiary/aromatic N) is 2. The molecule has 0 aliphatic carbocycles. The molecule has 2 fully saturated rings. The number of esters is 1. The van der Waals surface area contributed by atoms with E-state index in [1.165, 1.54) is 7.11 Å². The highest BCUT2D eigenvalue weighted by molar-refractivity contribution is 5.87. The molecule has 0 bridgehead atoms. The van der Waals surface area contributed by atoms with Gasteiger partial charge >= 0.3 is 5.97 Å².